The lowest BCUT2D eigenvalue weighted by molar-refractivity contribution is 0.575. The van der Waals surface area contributed by atoms with Crippen LogP contribution in [-0.4, -0.2) is 14.1 Å². The second-order valence-electron chi connectivity index (χ2n) is 12.3. The van der Waals surface area contributed by atoms with E-state index in [0.717, 1.165) is 49.7 Å². The SMILES string of the molecule is c1ccc(-c2cc3sc4ccccc4c3c3nc(-n4c5ccccc5c5c4ccc4c6ccccc6n(-c6ccccc6)c45)oc23)cc1. The van der Waals surface area contributed by atoms with Gasteiger partial charge in [-0.2, -0.15) is 4.98 Å². The highest BCUT2D eigenvalue weighted by Gasteiger charge is 2.25. The maximum Gasteiger partial charge on any atom is 0.307 e. The van der Waals surface area contributed by atoms with E-state index in [1.165, 1.54) is 42.0 Å². The summed E-state index contributed by atoms with van der Waals surface area (Å²) in [6, 6.07) is 54.5. The van der Waals surface area contributed by atoms with Gasteiger partial charge in [-0.1, -0.05) is 109 Å². The van der Waals surface area contributed by atoms with Crippen LogP contribution in [0.1, 0.15) is 0 Å². The predicted molar refractivity (Wildman–Crippen MR) is 201 cm³/mol. The van der Waals surface area contributed by atoms with Gasteiger partial charge in [0, 0.05) is 53.0 Å². The second-order valence-corrected chi connectivity index (χ2v) is 13.4. The van der Waals surface area contributed by atoms with Crippen molar-refractivity contribution in [3.8, 4) is 22.8 Å². The first kappa shape index (κ1) is 26.0. The predicted octanol–water partition coefficient (Wildman–Crippen LogP) is 12.1. The highest BCUT2D eigenvalue weighted by Crippen LogP contribution is 2.45. The lowest BCUT2D eigenvalue weighted by Crippen LogP contribution is -1.95. The second kappa shape index (κ2) is 9.67. The molecule has 0 saturated carbocycles. The first-order chi connectivity index (χ1) is 23.8. The number of aromatic nitrogens is 3. The molecule has 11 rings (SSSR count). The molecule has 0 bridgehead atoms. The zero-order valence-corrected chi connectivity index (χ0v) is 26.4. The molecule has 11 aromatic rings. The molecule has 5 heteroatoms. The van der Waals surface area contributed by atoms with Gasteiger partial charge in [0.05, 0.1) is 22.1 Å². The molecule has 0 spiro atoms. The quantitative estimate of drug-likeness (QED) is 0.194. The average Bonchev–Trinajstić information content (AvgIpc) is 3.90. The fourth-order valence-corrected chi connectivity index (χ4v) is 8.90. The molecule has 4 aromatic heterocycles. The van der Waals surface area contributed by atoms with Crippen molar-refractivity contribution in [1.82, 2.24) is 14.1 Å². The minimum absolute atomic E-state index is 0.567. The highest BCUT2D eigenvalue weighted by atomic mass is 32.1. The van der Waals surface area contributed by atoms with Crippen LogP contribution in [0.3, 0.4) is 0 Å². The van der Waals surface area contributed by atoms with Crippen molar-refractivity contribution >= 4 is 86.2 Å². The van der Waals surface area contributed by atoms with Crippen LogP contribution in [0.15, 0.2) is 156 Å². The standard InChI is InChI=1S/C43H25N3OS/c1-3-13-26(14-4-1)32-25-37-39(31-19-9-12-22-36(31)48-37)40-42(32)47-43(44-40)46-34-21-11-8-18-30(34)38-35(46)24-23-29-28-17-7-10-20-33(28)45(41(29)38)27-15-5-2-6-16-27/h1-25H. The van der Waals surface area contributed by atoms with Gasteiger partial charge in [0.1, 0.15) is 5.52 Å². The third kappa shape index (κ3) is 3.46. The van der Waals surface area contributed by atoms with Crippen LogP contribution in [0.2, 0.25) is 0 Å². The molecule has 0 aliphatic rings. The van der Waals surface area contributed by atoms with Gasteiger partial charge >= 0.3 is 6.01 Å². The molecule has 0 amide bonds. The maximum absolute atomic E-state index is 6.98. The number of rotatable bonds is 3. The normalized spacial score (nSPS) is 12.2. The number of hydrogen-bond acceptors (Lipinski definition) is 3. The van der Waals surface area contributed by atoms with Crippen molar-refractivity contribution in [1.29, 1.82) is 0 Å². The first-order valence-corrected chi connectivity index (χ1v) is 17.0. The van der Waals surface area contributed by atoms with Crippen molar-refractivity contribution in [3.05, 3.63) is 152 Å². The Kier molecular flexibility index (Phi) is 5.23. The van der Waals surface area contributed by atoms with Crippen molar-refractivity contribution in [2.24, 2.45) is 0 Å². The van der Waals surface area contributed by atoms with Gasteiger partial charge in [-0.25, -0.2) is 0 Å². The van der Waals surface area contributed by atoms with Crippen LogP contribution in [0.25, 0.3) is 97.7 Å². The number of oxazole rings is 1. The molecule has 0 aliphatic carbocycles. The van der Waals surface area contributed by atoms with E-state index in [-0.39, 0.29) is 0 Å². The summed E-state index contributed by atoms with van der Waals surface area (Å²) in [5, 5.41) is 7.15. The molecule has 7 aromatic carbocycles. The minimum atomic E-state index is 0.567. The first-order valence-electron chi connectivity index (χ1n) is 16.1. The molecule has 0 N–H and O–H groups in total. The van der Waals surface area contributed by atoms with Crippen LogP contribution in [0.5, 0.6) is 0 Å². The van der Waals surface area contributed by atoms with E-state index in [2.05, 4.69) is 161 Å². The summed E-state index contributed by atoms with van der Waals surface area (Å²) in [6.45, 7) is 0. The lowest BCUT2D eigenvalue weighted by Gasteiger charge is -2.09. The van der Waals surface area contributed by atoms with Gasteiger partial charge in [0.25, 0.3) is 0 Å². The fraction of sp³-hybridized carbons (Fsp3) is 0. The Balaban J connectivity index is 1.30. The van der Waals surface area contributed by atoms with E-state index >= 15 is 0 Å². The lowest BCUT2D eigenvalue weighted by atomic mass is 10.0. The molecule has 0 aliphatic heterocycles. The van der Waals surface area contributed by atoms with Crippen molar-refractivity contribution < 1.29 is 4.42 Å². The van der Waals surface area contributed by atoms with E-state index in [4.69, 9.17) is 9.40 Å². The third-order valence-electron chi connectivity index (χ3n) is 9.76. The Morgan fingerprint density at radius 3 is 1.98 bits per heavy atom. The smallest absolute Gasteiger partial charge is 0.307 e. The minimum Gasteiger partial charge on any atom is -0.422 e. The van der Waals surface area contributed by atoms with E-state index < -0.39 is 0 Å². The number of thiophene rings is 1. The summed E-state index contributed by atoms with van der Waals surface area (Å²) in [6.07, 6.45) is 0. The summed E-state index contributed by atoms with van der Waals surface area (Å²) in [5.74, 6) is 0. The summed E-state index contributed by atoms with van der Waals surface area (Å²) >= 11 is 1.81. The molecule has 4 nitrogen and oxygen atoms in total. The monoisotopic (exact) mass is 631 g/mol. The summed E-state index contributed by atoms with van der Waals surface area (Å²) < 4.78 is 14.1. The number of nitrogens with zero attached hydrogens (tertiary/aromatic N) is 3. The van der Waals surface area contributed by atoms with Crippen LogP contribution >= 0.6 is 11.3 Å². The van der Waals surface area contributed by atoms with Crippen molar-refractivity contribution in [2.45, 2.75) is 0 Å². The Labute approximate surface area is 278 Å². The summed E-state index contributed by atoms with van der Waals surface area (Å²) in [5.41, 5.74) is 9.48. The Morgan fingerprint density at radius 2 is 1.17 bits per heavy atom. The fourth-order valence-electron chi connectivity index (χ4n) is 7.76. The van der Waals surface area contributed by atoms with Crippen molar-refractivity contribution in [3.63, 3.8) is 0 Å². The number of para-hydroxylation sites is 3. The van der Waals surface area contributed by atoms with Gasteiger partial charge in [-0.15, -0.1) is 11.3 Å². The Morgan fingerprint density at radius 1 is 0.500 bits per heavy atom. The van der Waals surface area contributed by atoms with E-state index in [1.54, 1.807) is 0 Å². The largest absolute Gasteiger partial charge is 0.422 e. The van der Waals surface area contributed by atoms with Gasteiger partial charge in [0.15, 0.2) is 5.58 Å². The van der Waals surface area contributed by atoms with Crippen molar-refractivity contribution in [2.75, 3.05) is 0 Å². The molecule has 0 unspecified atom stereocenters. The topological polar surface area (TPSA) is 35.9 Å². The molecular weight excluding hydrogens is 607 g/mol. The van der Waals surface area contributed by atoms with E-state index in [0.29, 0.717) is 6.01 Å². The average molecular weight is 632 g/mol. The van der Waals surface area contributed by atoms with Gasteiger partial charge in [-0.3, -0.25) is 4.57 Å². The van der Waals surface area contributed by atoms with Gasteiger partial charge < -0.3 is 8.98 Å². The molecule has 0 radical (unpaired) electrons. The Hall–Kier alpha value is -6.17. The number of hydrogen-bond donors (Lipinski definition) is 0. The van der Waals surface area contributed by atoms with Gasteiger partial charge in [0.2, 0.25) is 0 Å². The maximum atomic E-state index is 6.98. The molecule has 4 heterocycles. The zero-order chi connectivity index (χ0) is 31.3. The van der Waals surface area contributed by atoms with Crippen LogP contribution in [0.4, 0.5) is 0 Å². The van der Waals surface area contributed by atoms with E-state index in [9.17, 15) is 0 Å². The molecule has 224 valence electrons. The molecule has 0 saturated heterocycles. The zero-order valence-electron chi connectivity index (χ0n) is 25.6. The van der Waals surface area contributed by atoms with E-state index in [1.807, 2.05) is 11.3 Å². The van der Waals surface area contributed by atoms with Crippen LogP contribution < -0.4 is 0 Å². The molecule has 0 atom stereocenters. The Bertz CT molecular complexity index is 3050. The van der Waals surface area contributed by atoms with Crippen LogP contribution in [-0.2, 0) is 0 Å². The number of fused-ring (bicyclic) bond motifs is 12. The summed E-state index contributed by atoms with van der Waals surface area (Å²) in [4.78, 5) is 5.39. The third-order valence-corrected chi connectivity index (χ3v) is 10.9. The molecule has 48 heavy (non-hydrogen) atoms. The summed E-state index contributed by atoms with van der Waals surface area (Å²) in [7, 11) is 0. The van der Waals surface area contributed by atoms with Crippen LogP contribution in [0, 0.1) is 0 Å². The molecule has 0 fully saturated rings. The molecular formula is C43H25N3OS. The number of benzene rings is 7. The highest BCUT2D eigenvalue weighted by molar-refractivity contribution is 7.26. The van der Waals surface area contributed by atoms with Gasteiger partial charge in [-0.05, 0) is 48.0 Å².